The molecule has 0 atom stereocenters. The van der Waals surface area contributed by atoms with E-state index in [-0.39, 0.29) is 0 Å². The molecule has 0 amide bonds. The van der Waals surface area contributed by atoms with Gasteiger partial charge in [-0.05, 0) is 46.4 Å². The van der Waals surface area contributed by atoms with Gasteiger partial charge in [-0.3, -0.25) is 0 Å². The third-order valence-electron chi connectivity index (χ3n) is 4.70. The highest BCUT2D eigenvalue weighted by Gasteiger charge is 2.17. The smallest absolute Gasteiger partial charge is 0.155 e. The SMILES string of the molecule is CCC(=C(c1cccc(C=NOC)c1)c1ccccc1ON(C)C)c1ccccc1. The van der Waals surface area contributed by atoms with Gasteiger partial charge in [-0.15, -0.1) is 0 Å². The van der Waals surface area contributed by atoms with E-state index in [2.05, 4.69) is 54.5 Å². The molecule has 0 saturated heterocycles. The average Bonchev–Trinajstić information content (AvgIpc) is 2.77. The molecule has 0 fully saturated rings. The van der Waals surface area contributed by atoms with Gasteiger partial charge >= 0.3 is 0 Å². The van der Waals surface area contributed by atoms with Crippen molar-refractivity contribution in [2.75, 3.05) is 21.2 Å². The Balaban J connectivity index is 2.29. The Morgan fingerprint density at radius 1 is 0.900 bits per heavy atom. The van der Waals surface area contributed by atoms with Crippen molar-refractivity contribution in [1.82, 2.24) is 5.06 Å². The topological polar surface area (TPSA) is 34.1 Å². The summed E-state index contributed by atoms with van der Waals surface area (Å²) in [6.07, 6.45) is 2.60. The summed E-state index contributed by atoms with van der Waals surface area (Å²) in [4.78, 5) is 10.9. The molecule has 3 rings (SSSR count). The van der Waals surface area contributed by atoms with Crippen molar-refractivity contribution in [1.29, 1.82) is 0 Å². The van der Waals surface area contributed by atoms with Gasteiger partial charge in [-0.1, -0.05) is 78.8 Å². The summed E-state index contributed by atoms with van der Waals surface area (Å²) in [5.41, 5.74) is 6.73. The zero-order valence-corrected chi connectivity index (χ0v) is 18.0. The molecule has 0 spiro atoms. The quantitative estimate of drug-likeness (QED) is 0.268. The Kier molecular flexibility index (Phi) is 7.41. The van der Waals surface area contributed by atoms with Gasteiger partial charge in [0.25, 0.3) is 0 Å². The second-order valence-electron chi connectivity index (χ2n) is 7.02. The van der Waals surface area contributed by atoms with Crippen molar-refractivity contribution in [3.8, 4) is 5.75 Å². The van der Waals surface area contributed by atoms with Crippen molar-refractivity contribution in [3.05, 3.63) is 101 Å². The molecule has 154 valence electrons. The van der Waals surface area contributed by atoms with Crippen LogP contribution in [0.2, 0.25) is 0 Å². The van der Waals surface area contributed by atoms with E-state index < -0.39 is 0 Å². The summed E-state index contributed by atoms with van der Waals surface area (Å²) in [5.74, 6) is 0.815. The molecule has 0 aromatic heterocycles. The van der Waals surface area contributed by atoms with Crippen LogP contribution in [0.5, 0.6) is 5.75 Å². The highest BCUT2D eigenvalue weighted by molar-refractivity contribution is 6.00. The van der Waals surface area contributed by atoms with Crippen LogP contribution in [0.25, 0.3) is 11.1 Å². The highest BCUT2D eigenvalue weighted by atomic mass is 16.7. The Morgan fingerprint density at radius 2 is 1.60 bits per heavy atom. The van der Waals surface area contributed by atoms with Crippen LogP contribution in [0.1, 0.15) is 35.6 Å². The monoisotopic (exact) mass is 400 g/mol. The first-order valence-electron chi connectivity index (χ1n) is 10.0. The van der Waals surface area contributed by atoms with E-state index >= 15 is 0 Å². The van der Waals surface area contributed by atoms with E-state index in [9.17, 15) is 0 Å². The molecule has 0 heterocycles. The molecular formula is C26H28N2O2. The Morgan fingerprint density at radius 3 is 2.30 bits per heavy atom. The van der Waals surface area contributed by atoms with Crippen molar-refractivity contribution < 1.29 is 9.68 Å². The van der Waals surface area contributed by atoms with Crippen LogP contribution in [0.15, 0.2) is 84.0 Å². The fraction of sp³-hybridized carbons (Fsp3) is 0.192. The van der Waals surface area contributed by atoms with Crippen molar-refractivity contribution >= 4 is 17.4 Å². The highest BCUT2D eigenvalue weighted by Crippen LogP contribution is 2.38. The lowest BCUT2D eigenvalue weighted by Gasteiger charge is -2.21. The standard InChI is InChI=1S/C26H28N2O2/c1-5-23(21-13-7-6-8-14-21)26(22-15-11-12-20(18-22)19-27-29-4)24-16-9-10-17-25(24)30-28(2)3/h6-19H,5H2,1-4H3. The summed E-state index contributed by atoms with van der Waals surface area (Å²) in [7, 11) is 5.32. The van der Waals surface area contributed by atoms with Crippen LogP contribution in [0, 0.1) is 0 Å². The summed E-state index contributed by atoms with van der Waals surface area (Å²) >= 11 is 0. The molecule has 4 nitrogen and oxygen atoms in total. The van der Waals surface area contributed by atoms with Crippen LogP contribution in [0.3, 0.4) is 0 Å². The minimum Gasteiger partial charge on any atom is -0.406 e. The number of oxime groups is 1. The van der Waals surface area contributed by atoms with E-state index in [1.807, 2.05) is 50.5 Å². The molecule has 3 aromatic carbocycles. The van der Waals surface area contributed by atoms with Crippen LogP contribution in [0.4, 0.5) is 0 Å². The lowest BCUT2D eigenvalue weighted by Crippen LogP contribution is -2.17. The van der Waals surface area contributed by atoms with E-state index in [4.69, 9.17) is 9.68 Å². The van der Waals surface area contributed by atoms with Gasteiger partial charge < -0.3 is 9.68 Å². The fourth-order valence-electron chi connectivity index (χ4n) is 3.49. The Hall–Kier alpha value is -3.37. The van der Waals surface area contributed by atoms with Crippen LogP contribution in [-0.4, -0.2) is 32.5 Å². The molecule has 0 saturated carbocycles. The van der Waals surface area contributed by atoms with E-state index in [1.165, 1.54) is 11.1 Å². The maximum absolute atomic E-state index is 6.03. The van der Waals surface area contributed by atoms with Gasteiger partial charge in [-0.2, -0.15) is 5.06 Å². The minimum absolute atomic E-state index is 0.815. The zero-order valence-electron chi connectivity index (χ0n) is 18.0. The van der Waals surface area contributed by atoms with Crippen molar-refractivity contribution in [3.63, 3.8) is 0 Å². The molecule has 0 radical (unpaired) electrons. The predicted octanol–water partition coefficient (Wildman–Crippen LogP) is 5.89. The molecule has 0 bridgehead atoms. The van der Waals surface area contributed by atoms with Crippen molar-refractivity contribution in [2.24, 2.45) is 5.16 Å². The van der Waals surface area contributed by atoms with Crippen LogP contribution >= 0.6 is 0 Å². The molecule has 0 N–H and O–H groups in total. The minimum atomic E-state index is 0.815. The number of hydroxylamine groups is 2. The first-order chi connectivity index (χ1) is 14.6. The predicted molar refractivity (Wildman–Crippen MR) is 124 cm³/mol. The maximum Gasteiger partial charge on any atom is 0.155 e. The molecule has 3 aromatic rings. The number of rotatable bonds is 8. The van der Waals surface area contributed by atoms with Crippen LogP contribution < -0.4 is 4.84 Å². The summed E-state index contributed by atoms with van der Waals surface area (Å²) in [5, 5.41) is 5.64. The average molecular weight is 401 g/mol. The molecule has 4 heteroatoms. The second kappa shape index (κ2) is 10.4. The molecular weight excluding hydrogens is 372 g/mol. The lowest BCUT2D eigenvalue weighted by molar-refractivity contribution is -0.00354. The van der Waals surface area contributed by atoms with Gasteiger partial charge in [0, 0.05) is 19.7 Å². The number of allylic oxidation sites excluding steroid dienone is 1. The Bertz CT molecular complexity index is 1020. The molecule has 0 unspecified atom stereocenters. The van der Waals surface area contributed by atoms with Crippen molar-refractivity contribution in [2.45, 2.75) is 13.3 Å². The van der Waals surface area contributed by atoms with E-state index in [0.717, 1.165) is 34.4 Å². The number of hydrogen-bond acceptors (Lipinski definition) is 4. The largest absolute Gasteiger partial charge is 0.406 e. The van der Waals surface area contributed by atoms with E-state index in [0.29, 0.717) is 0 Å². The van der Waals surface area contributed by atoms with Gasteiger partial charge in [0.05, 0.1) is 6.21 Å². The second-order valence-corrected chi connectivity index (χ2v) is 7.02. The normalized spacial score (nSPS) is 12.2. The number of nitrogens with zero attached hydrogens (tertiary/aromatic N) is 2. The number of para-hydroxylation sites is 1. The summed E-state index contributed by atoms with van der Waals surface area (Å²) < 4.78 is 0. The first-order valence-corrected chi connectivity index (χ1v) is 10.0. The number of hydrogen-bond donors (Lipinski definition) is 0. The lowest BCUT2D eigenvalue weighted by atomic mass is 9.87. The Labute approximate surface area is 179 Å². The van der Waals surface area contributed by atoms with Gasteiger partial charge in [0.2, 0.25) is 0 Å². The summed E-state index contributed by atoms with van der Waals surface area (Å²) in [6.45, 7) is 2.19. The molecule has 30 heavy (non-hydrogen) atoms. The van der Waals surface area contributed by atoms with Crippen LogP contribution in [-0.2, 0) is 4.84 Å². The zero-order chi connectivity index (χ0) is 21.3. The third-order valence-corrected chi connectivity index (χ3v) is 4.70. The molecule has 0 aliphatic rings. The van der Waals surface area contributed by atoms with Gasteiger partial charge in [0.1, 0.15) is 7.11 Å². The van der Waals surface area contributed by atoms with Gasteiger partial charge in [-0.25, -0.2) is 0 Å². The molecule has 0 aliphatic carbocycles. The summed E-state index contributed by atoms with van der Waals surface area (Å²) in [6, 6.07) is 27.0. The van der Waals surface area contributed by atoms with Gasteiger partial charge in [0.15, 0.2) is 5.75 Å². The first kappa shape index (κ1) is 21.3. The number of benzene rings is 3. The maximum atomic E-state index is 6.03. The van der Waals surface area contributed by atoms with E-state index in [1.54, 1.807) is 18.4 Å². The molecule has 0 aliphatic heterocycles. The fourth-order valence-corrected chi connectivity index (χ4v) is 3.49. The third kappa shape index (κ3) is 5.16.